The first-order valence-corrected chi connectivity index (χ1v) is 8.28. The number of thiophene rings is 1. The molecule has 0 aliphatic rings. The first kappa shape index (κ1) is 17.7. The zero-order chi connectivity index (χ0) is 17.4. The van der Waals surface area contributed by atoms with Crippen molar-refractivity contribution in [3.05, 3.63) is 58.3 Å². The number of esters is 1. The molecule has 0 bridgehead atoms. The second kappa shape index (κ2) is 8.88. The Bertz CT molecular complexity index is 710. The van der Waals surface area contributed by atoms with Crippen LogP contribution in [0.5, 0.6) is 5.75 Å². The maximum absolute atomic E-state index is 11.8. The maximum atomic E-state index is 11.8. The topological polar surface area (TPSA) is 64.6 Å². The highest BCUT2D eigenvalue weighted by atomic mass is 32.1. The number of nitrogens with one attached hydrogen (secondary N) is 1. The number of ether oxygens (including phenoxy) is 2. The van der Waals surface area contributed by atoms with Gasteiger partial charge < -0.3 is 14.8 Å². The van der Waals surface area contributed by atoms with E-state index < -0.39 is 5.97 Å². The molecule has 1 aromatic carbocycles. The molecule has 5 nitrogen and oxygen atoms in total. The van der Waals surface area contributed by atoms with Gasteiger partial charge >= 0.3 is 5.97 Å². The van der Waals surface area contributed by atoms with Crippen molar-refractivity contribution in [2.45, 2.75) is 13.0 Å². The molecule has 126 valence electrons. The second-order valence-electron chi connectivity index (χ2n) is 5.02. The van der Waals surface area contributed by atoms with Gasteiger partial charge in [-0.25, -0.2) is 4.79 Å². The largest absolute Gasteiger partial charge is 0.497 e. The SMILES string of the molecule is COc1cccc(/C=C/C(=O)OCC(=O)N[C@H](C)c2cccs2)c1. The molecule has 2 rings (SSSR count). The van der Waals surface area contributed by atoms with Crippen LogP contribution in [0.15, 0.2) is 47.9 Å². The van der Waals surface area contributed by atoms with Crippen LogP contribution in [0.4, 0.5) is 0 Å². The lowest BCUT2D eigenvalue weighted by atomic mass is 10.2. The molecule has 1 heterocycles. The van der Waals surface area contributed by atoms with Crippen LogP contribution in [0.25, 0.3) is 6.08 Å². The highest BCUT2D eigenvalue weighted by Gasteiger charge is 2.11. The Morgan fingerprint density at radius 1 is 1.29 bits per heavy atom. The Hall–Kier alpha value is -2.60. The van der Waals surface area contributed by atoms with E-state index in [2.05, 4.69) is 5.32 Å². The molecule has 0 saturated heterocycles. The summed E-state index contributed by atoms with van der Waals surface area (Å²) in [4.78, 5) is 24.5. The monoisotopic (exact) mass is 345 g/mol. The Labute approximate surface area is 144 Å². The maximum Gasteiger partial charge on any atom is 0.331 e. The van der Waals surface area contributed by atoms with E-state index in [1.54, 1.807) is 30.6 Å². The summed E-state index contributed by atoms with van der Waals surface area (Å²) in [5.74, 6) is -0.205. The Morgan fingerprint density at radius 3 is 2.83 bits per heavy atom. The molecule has 6 heteroatoms. The molecule has 0 radical (unpaired) electrons. The minimum absolute atomic E-state index is 0.108. The van der Waals surface area contributed by atoms with E-state index in [0.717, 1.165) is 10.4 Å². The second-order valence-corrected chi connectivity index (χ2v) is 6.00. The first-order chi connectivity index (χ1) is 11.6. The van der Waals surface area contributed by atoms with E-state index in [1.807, 2.05) is 42.6 Å². The van der Waals surface area contributed by atoms with Gasteiger partial charge in [0.05, 0.1) is 13.2 Å². The van der Waals surface area contributed by atoms with Crippen LogP contribution in [0.1, 0.15) is 23.4 Å². The summed E-state index contributed by atoms with van der Waals surface area (Å²) >= 11 is 1.56. The van der Waals surface area contributed by atoms with E-state index in [1.165, 1.54) is 6.08 Å². The van der Waals surface area contributed by atoms with Crippen molar-refractivity contribution in [2.24, 2.45) is 0 Å². The van der Waals surface area contributed by atoms with Gasteiger partial charge in [-0.1, -0.05) is 18.2 Å². The van der Waals surface area contributed by atoms with Crippen molar-refractivity contribution in [2.75, 3.05) is 13.7 Å². The molecular weight excluding hydrogens is 326 g/mol. The lowest BCUT2D eigenvalue weighted by molar-refractivity contribution is -0.144. The van der Waals surface area contributed by atoms with E-state index in [9.17, 15) is 9.59 Å². The van der Waals surface area contributed by atoms with Gasteiger partial charge in [-0.2, -0.15) is 0 Å². The number of carbonyl (C=O) groups is 2. The molecule has 0 unspecified atom stereocenters. The molecule has 0 fully saturated rings. The van der Waals surface area contributed by atoms with E-state index in [0.29, 0.717) is 5.75 Å². The van der Waals surface area contributed by atoms with Crippen molar-refractivity contribution in [3.8, 4) is 5.75 Å². The molecule has 1 N–H and O–H groups in total. The molecule has 0 spiro atoms. The van der Waals surface area contributed by atoms with Gasteiger partial charge in [0.25, 0.3) is 5.91 Å². The summed E-state index contributed by atoms with van der Waals surface area (Å²) < 4.78 is 10.0. The van der Waals surface area contributed by atoms with Crippen LogP contribution in [-0.4, -0.2) is 25.6 Å². The minimum atomic E-state index is -0.572. The molecule has 1 aromatic heterocycles. The lowest BCUT2D eigenvalue weighted by Gasteiger charge is -2.11. The molecule has 24 heavy (non-hydrogen) atoms. The third-order valence-corrected chi connectivity index (χ3v) is 4.25. The van der Waals surface area contributed by atoms with Crippen molar-refractivity contribution < 1.29 is 19.1 Å². The molecule has 2 aromatic rings. The van der Waals surface area contributed by atoms with Crippen LogP contribution in [0, 0.1) is 0 Å². The van der Waals surface area contributed by atoms with Gasteiger partial charge in [-0.05, 0) is 42.1 Å². The lowest BCUT2D eigenvalue weighted by Crippen LogP contribution is -2.30. The Kier molecular flexibility index (Phi) is 6.57. The minimum Gasteiger partial charge on any atom is -0.497 e. The fourth-order valence-corrected chi connectivity index (χ4v) is 2.72. The quantitative estimate of drug-likeness (QED) is 0.618. The number of rotatable bonds is 7. The van der Waals surface area contributed by atoms with Crippen LogP contribution in [-0.2, 0) is 14.3 Å². The Morgan fingerprint density at radius 2 is 2.12 bits per heavy atom. The molecule has 0 aliphatic heterocycles. The third kappa shape index (κ3) is 5.55. The van der Waals surface area contributed by atoms with Crippen LogP contribution < -0.4 is 10.1 Å². The zero-order valence-corrected chi connectivity index (χ0v) is 14.3. The average Bonchev–Trinajstić information content (AvgIpc) is 3.13. The fourth-order valence-electron chi connectivity index (χ4n) is 1.99. The van der Waals surface area contributed by atoms with Crippen molar-refractivity contribution in [3.63, 3.8) is 0 Å². The number of hydrogen-bond donors (Lipinski definition) is 1. The van der Waals surface area contributed by atoms with E-state index >= 15 is 0 Å². The highest BCUT2D eigenvalue weighted by Crippen LogP contribution is 2.17. The third-order valence-electron chi connectivity index (χ3n) is 3.20. The summed E-state index contributed by atoms with van der Waals surface area (Å²) in [7, 11) is 1.58. The van der Waals surface area contributed by atoms with Crippen LogP contribution in [0.2, 0.25) is 0 Å². The predicted molar refractivity (Wildman–Crippen MR) is 93.9 cm³/mol. The number of methoxy groups -OCH3 is 1. The van der Waals surface area contributed by atoms with E-state index in [-0.39, 0.29) is 18.6 Å². The highest BCUT2D eigenvalue weighted by molar-refractivity contribution is 7.10. The van der Waals surface area contributed by atoms with Gasteiger partial charge in [0.2, 0.25) is 0 Å². The normalized spacial score (nSPS) is 11.9. The average molecular weight is 345 g/mol. The van der Waals surface area contributed by atoms with Crippen molar-refractivity contribution in [1.82, 2.24) is 5.32 Å². The van der Waals surface area contributed by atoms with Crippen molar-refractivity contribution in [1.29, 1.82) is 0 Å². The molecule has 0 saturated carbocycles. The Balaban J connectivity index is 1.77. The predicted octanol–water partition coefficient (Wildman–Crippen LogP) is 3.19. The van der Waals surface area contributed by atoms with E-state index in [4.69, 9.17) is 9.47 Å². The number of amides is 1. The molecule has 1 amide bonds. The summed E-state index contributed by atoms with van der Waals surface area (Å²) in [5, 5.41) is 4.73. The van der Waals surface area contributed by atoms with Crippen LogP contribution in [0.3, 0.4) is 0 Å². The van der Waals surface area contributed by atoms with Gasteiger partial charge in [0.15, 0.2) is 6.61 Å². The zero-order valence-electron chi connectivity index (χ0n) is 13.5. The van der Waals surface area contributed by atoms with Crippen molar-refractivity contribution >= 4 is 29.3 Å². The number of hydrogen-bond acceptors (Lipinski definition) is 5. The summed E-state index contributed by atoms with van der Waals surface area (Å²) in [6, 6.07) is 11.0. The smallest absolute Gasteiger partial charge is 0.331 e. The molecule has 0 aliphatic carbocycles. The fraction of sp³-hybridized carbons (Fsp3) is 0.222. The van der Waals surface area contributed by atoms with Gasteiger partial charge in [0.1, 0.15) is 5.75 Å². The molecular formula is C18H19NO4S. The number of carbonyl (C=O) groups excluding carboxylic acids is 2. The molecule has 1 atom stereocenters. The first-order valence-electron chi connectivity index (χ1n) is 7.40. The van der Waals surface area contributed by atoms with Gasteiger partial charge in [0, 0.05) is 11.0 Å². The van der Waals surface area contributed by atoms with Gasteiger partial charge in [-0.15, -0.1) is 11.3 Å². The summed E-state index contributed by atoms with van der Waals surface area (Å²) in [6.45, 7) is 1.57. The summed E-state index contributed by atoms with van der Waals surface area (Å²) in [6.07, 6.45) is 2.89. The summed E-state index contributed by atoms with van der Waals surface area (Å²) in [5.41, 5.74) is 0.807. The van der Waals surface area contributed by atoms with Crippen LogP contribution >= 0.6 is 11.3 Å². The standard InChI is InChI=1S/C18H19NO4S/c1-13(16-7-4-10-24-16)19-17(20)12-23-18(21)9-8-14-5-3-6-15(11-14)22-2/h3-11,13H,12H2,1-2H3,(H,19,20)/b9-8+/t13-/m1/s1. The van der Waals surface area contributed by atoms with Gasteiger partial charge in [-0.3, -0.25) is 4.79 Å². The number of benzene rings is 1.